The summed E-state index contributed by atoms with van der Waals surface area (Å²) >= 11 is 12.0. The van der Waals surface area contributed by atoms with E-state index in [2.05, 4.69) is 15.1 Å². The van der Waals surface area contributed by atoms with Gasteiger partial charge in [-0.2, -0.15) is 4.98 Å². The van der Waals surface area contributed by atoms with Crippen LogP contribution in [0.5, 0.6) is 0 Å². The molecule has 1 aromatic carbocycles. The van der Waals surface area contributed by atoms with Crippen molar-refractivity contribution in [2.75, 3.05) is 5.73 Å². The van der Waals surface area contributed by atoms with Gasteiger partial charge in [0.2, 0.25) is 5.82 Å². The Kier molecular flexibility index (Phi) is 3.30. The van der Waals surface area contributed by atoms with Crippen molar-refractivity contribution in [3.8, 4) is 23.0 Å². The Morgan fingerprint density at radius 3 is 2.65 bits per heavy atom. The number of anilines is 1. The number of hydrogen-bond acceptors (Lipinski definition) is 5. The first-order chi connectivity index (χ1) is 9.66. The quantitative estimate of drug-likeness (QED) is 0.731. The summed E-state index contributed by atoms with van der Waals surface area (Å²) in [4.78, 5) is 8.37. The molecule has 0 amide bonds. The molecule has 100 valence electrons. The van der Waals surface area contributed by atoms with Crippen LogP contribution in [0.2, 0.25) is 10.0 Å². The molecule has 0 unspecified atom stereocenters. The van der Waals surface area contributed by atoms with Crippen molar-refractivity contribution in [2.24, 2.45) is 0 Å². The van der Waals surface area contributed by atoms with Gasteiger partial charge in [-0.15, -0.1) is 0 Å². The molecule has 0 spiro atoms. The van der Waals surface area contributed by atoms with Crippen molar-refractivity contribution in [2.45, 2.75) is 0 Å². The van der Waals surface area contributed by atoms with Gasteiger partial charge in [0, 0.05) is 6.20 Å². The van der Waals surface area contributed by atoms with Crippen molar-refractivity contribution >= 4 is 28.9 Å². The standard InChI is InChI=1S/C13H8Cl2N4O/c14-8-4-1-3-7(10(8)16)13-18-12(19-20-13)11-9(15)5-2-6-17-11/h1-6H,16H2. The minimum absolute atomic E-state index is 0.265. The molecular weight excluding hydrogens is 299 g/mol. The van der Waals surface area contributed by atoms with Gasteiger partial charge in [0.25, 0.3) is 5.89 Å². The van der Waals surface area contributed by atoms with Crippen LogP contribution in [-0.4, -0.2) is 15.1 Å². The Bertz CT molecular complexity index is 773. The maximum Gasteiger partial charge on any atom is 0.260 e. The fraction of sp³-hybridized carbons (Fsp3) is 0. The Labute approximate surface area is 124 Å². The van der Waals surface area contributed by atoms with Gasteiger partial charge < -0.3 is 10.3 Å². The minimum atomic E-state index is 0.265. The molecule has 0 bridgehead atoms. The Morgan fingerprint density at radius 1 is 1.05 bits per heavy atom. The molecule has 20 heavy (non-hydrogen) atoms. The number of benzene rings is 1. The Morgan fingerprint density at radius 2 is 1.85 bits per heavy atom. The molecule has 2 heterocycles. The summed E-state index contributed by atoms with van der Waals surface area (Å²) in [6.45, 7) is 0. The first kappa shape index (κ1) is 12.9. The number of rotatable bonds is 2. The minimum Gasteiger partial charge on any atom is -0.397 e. The lowest BCUT2D eigenvalue weighted by Crippen LogP contribution is -1.91. The molecule has 0 fully saturated rings. The predicted octanol–water partition coefficient (Wildman–Crippen LogP) is 3.69. The summed E-state index contributed by atoms with van der Waals surface area (Å²) in [6, 6.07) is 8.62. The number of para-hydroxylation sites is 1. The Hall–Kier alpha value is -2.11. The van der Waals surface area contributed by atoms with Crippen LogP contribution < -0.4 is 5.73 Å². The second-order valence-corrected chi connectivity index (χ2v) is 4.77. The number of nitrogen functional groups attached to an aromatic ring is 1. The van der Waals surface area contributed by atoms with Gasteiger partial charge in [0.15, 0.2) is 0 Å². The molecule has 7 heteroatoms. The van der Waals surface area contributed by atoms with Gasteiger partial charge in [0.1, 0.15) is 5.69 Å². The van der Waals surface area contributed by atoms with E-state index in [0.717, 1.165) is 0 Å². The number of nitrogens with zero attached hydrogens (tertiary/aromatic N) is 3. The summed E-state index contributed by atoms with van der Waals surface area (Å²) in [7, 11) is 0. The maximum atomic E-state index is 6.04. The van der Waals surface area contributed by atoms with E-state index in [0.29, 0.717) is 32.8 Å². The summed E-state index contributed by atoms with van der Waals surface area (Å²) < 4.78 is 5.20. The number of pyridine rings is 1. The molecule has 2 N–H and O–H groups in total. The van der Waals surface area contributed by atoms with E-state index in [1.54, 1.807) is 36.5 Å². The van der Waals surface area contributed by atoms with Crippen LogP contribution in [0, 0.1) is 0 Å². The summed E-state index contributed by atoms with van der Waals surface area (Å²) in [5.74, 6) is 0.562. The molecule has 5 nitrogen and oxygen atoms in total. The molecule has 0 saturated carbocycles. The van der Waals surface area contributed by atoms with Crippen molar-refractivity contribution in [3.63, 3.8) is 0 Å². The highest BCUT2D eigenvalue weighted by atomic mass is 35.5. The van der Waals surface area contributed by atoms with Gasteiger partial charge in [0.05, 0.1) is 21.3 Å². The summed E-state index contributed by atoms with van der Waals surface area (Å²) in [5.41, 5.74) is 7.30. The zero-order valence-electron chi connectivity index (χ0n) is 10.0. The van der Waals surface area contributed by atoms with Gasteiger partial charge in [-0.3, -0.25) is 4.98 Å². The van der Waals surface area contributed by atoms with Crippen molar-refractivity contribution in [3.05, 3.63) is 46.6 Å². The Balaban J connectivity index is 2.07. The molecule has 0 aliphatic heterocycles. The first-order valence-corrected chi connectivity index (χ1v) is 6.41. The van der Waals surface area contributed by atoms with Crippen LogP contribution in [0.3, 0.4) is 0 Å². The lowest BCUT2D eigenvalue weighted by atomic mass is 10.2. The second-order valence-electron chi connectivity index (χ2n) is 3.96. The van der Waals surface area contributed by atoms with Crippen LogP contribution in [0.15, 0.2) is 41.1 Å². The normalized spacial score (nSPS) is 10.7. The number of aromatic nitrogens is 3. The lowest BCUT2D eigenvalue weighted by molar-refractivity contribution is 0.432. The highest BCUT2D eigenvalue weighted by Gasteiger charge is 2.16. The van der Waals surface area contributed by atoms with Gasteiger partial charge in [-0.05, 0) is 24.3 Å². The maximum absolute atomic E-state index is 6.04. The zero-order valence-corrected chi connectivity index (χ0v) is 11.6. The molecule has 2 aromatic heterocycles. The van der Waals surface area contributed by atoms with E-state index in [-0.39, 0.29) is 5.89 Å². The van der Waals surface area contributed by atoms with E-state index in [9.17, 15) is 0 Å². The third-order valence-corrected chi connectivity index (χ3v) is 3.31. The summed E-state index contributed by atoms with van der Waals surface area (Å²) in [6.07, 6.45) is 1.60. The van der Waals surface area contributed by atoms with Crippen LogP contribution >= 0.6 is 23.2 Å². The van der Waals surface area contributed by atoms with Crippen LogP contribution in [0.25, 0.3) is 23.0 Å². The third kappa shape index (κ3) is 2.21. The average Bonchev–Trinajstić information content (AvgIpc) is 2.92. The lowest BCUT2D eigenvalue weighted by Gasteiger charge is -2.01. The zero-order chi connectivity index (χ0) is 14.1. The van der Waals surface area contributed by atoms with Crippen molar-refractivity contribution in [1.29, 1.82) is 0 Å². The third-order valence-electron chi connectivity index (χ3n) is 2.68. The molecule has 0 radical (unpaired) electrons. The van der Waals surface area contributed by atoms with Crippen molar-refractivity contribution in [1.82, 2.24) is 15.1 Å². The van der Waals surface area contributed by atoms with E-state index >= 15 is 0 Å². The number of halogens is 2. The fourth-order valence-corrected chi connectivity index (χ4v) is 2.08. The smallest absolute Gasteiger partial charge is 0.260 e. The van der Waals surface area contributed by atoms with Gasteiger partial charge in [-0.1, -0.05) is 34.4 Å². The molecule has 0 atom stereocenters. The molecule has 3 aromatic rings. The SMILES string of the molecule is Nc1c(Cl)cccc1-c1nc(-c2ncccc2Cl)no1. The highest BCUT2D eigenvalue weighted by molar-refractivity contribution is 6.33. The topological polar surface area (TPSA) is 77.8 Å². The van der Waals surface area contributed by atoms with E-state index < -0.39 is 0 Å². The predicted molar refractivity (Wildman–Crippen MR) is 77.4 cm³/mol. The second kappa shape index (κ2) is 5.11. The average molecular weight is 307 g/mol. The molecule has 0 aliphatic rings. The van der Waals surface area contributed by atoms with Gasteiger partial charge >= 0.3 is 0 Å². The van der Waals surface area contributed by atoms with E-state index in [1.165, 1.54) is 0 Å². The van der Waals surface area contributed by atoms with Crippen molar-refractivity contribution < 1.29 is 4.52 Å². The van der Waals surface area contributed by atoms with E-state index in [4.69, 9.17) is 33.5 Å². The largest absolute Gasteiger partial charge is 0.397 e. The van der Waals surface area contributed by atoms with E-state index in [1.807, 2.05) is 0 Å². The van der Waals surface area contributed by atoms with Gasteiger partial charge in [-0.25, -0.2) is 0 Å². The van der Waals surface area contributed by atoms with Crippen LogP contribution in [-0.2, 0) is 0 Å². The molecular formula is C13H8Cl2N4O. The molecule has 3 rings (SSSR count). The number of hydrogen-bond donors (Lipinski definition) is 1. The van der Waals surface area contributed by atoms with Crippen LogP contribution in [0.1, 0.15) is 0 Å². The molecule has 0 aliphatic carbocycles. The number of nitrogens with two attached hydrogens (primary N) is 1. The van der Waals surface area contributed by atoms with Crippen LogP contribution in [0.4, 0.5) is 5.69 Å². The first-order valence-electron chi connectivity index (χ1n) is 5.66. The highest BCUT2D eigenvalue weighted by Crippen LogP contribution is 2.32. The monoisotopic (exact) mass is 306 g/mol. The summed E-state index contributed by atoms with van der Waals surface area (Å²) in [5, 5.41) is 4.73. The molecule has 0 saturated heterocycles. The fourth-order valence-electron chi connectivity index (χ4n) is 1.70.